The summed E-state index contributed by atoms with van der Waals surface area (Å²) in [6, 6.07) is 8.32. The van der Waals surface area contributed by atoms with Crippen molar-refractivity contribution in [3.63, 3.8) is 0 Å². The van der Waals surface area contributed by atoms with Crippen molar-refractivity contribution in [2.24, 2.45) is 5.29 Å². The Hall–Kier alpha value is -0.901. The van der Waals surface area contributed by atoms with Crippen LogP contribution in [0.3, 0.4) is 0 Å². The Balaban J connectivity index is 0.000001000. The molecule has 0 aromatic heterocycles. The van der Waals surface area contributed by atoms with E-state index in [1.165, 1.54) is 0 Å². The van der Waals surface area contributed by atoms with Gasteiger partial charge in [-0.25, -0.2) is 0 Å². The minimum absolute atomic E-state index is 0. The van der Waals surface area contributed by atoms with Gasteiger partial charge in [-0.2, -0.15) is 0 Å². The van der Waals surface area contributed by atoms with Crippen LogP contribution in [0.15, 0.2) is 35.6 Å². The van der Waals surface area contributed by atoms with Crippen LogP contribution in [-0.4, -0.2) is 5.21 Å². The average molecular weight is 193 g/mol. The van der Waals surface area contributed by atoms with E-state index in [1.807, 2.05) is 0 Å². The number of hydrogen-bond donors (Lipinski definition) is 1. The van der Waals surface area contributed by atoms with Gasteiger partial charge in [-0.3, -0.25) is 5.21 Å². The van der Waals surface area contributed by atoms with Crippen LogP contribution in [0.1, 0.15) is 0 Å². The molecule has 0 bridgehead atoms. The van der Waals surface area contributed by atoms with Gasteiger partial charge in [0.15, 0.2) is 0 Å². The maximum absolute atomic E-state index is 9.73. The van der Waals surface area contributed by atoms with Gasteiger partial charge in [-0.1, -0.05) is 18.2 Å². The molecule has 1 rings (SSSR count). The molecule has 0 fully saturated rings. The molecule has 0 unspecified atom stereocenters. The van der Waals surface area contributed by atoms with Gasteiger partial charge in [0.2, 0.25) is 0 Å². The van der Waals surface area contributed by atoms with Crippen LogP contribution in [0.25, 0.3) is 0 Å². The molecule has 0 spiro atoms. The Morgan fingerprint density at radius 1 is 1.27 bits per heavy atom. The summed E-state index contributed by atoms with van der Waals surface area (Å²) in [5.74, 6) is 0. The molecule has 1 radical (unpaired) electrons. The summed E-state index contributed by atoms with van der Waals surface area (Å²) in [5.41, 5.74) is 0.359. The first kappa shape index (κ1) is 10.1. The number of anilines is 1. The first-order chi connectivity index (χ1) is 4.84. The summed E-state index contributed by atoms with van der Waals surface area (Å²) in [6.07, 6.45) is 0. The van der Waals surface area contributed by atoms with Crippen molar-refractivity contribution in [1.82, 2.24) is 0 Å². The van der Waals surface area contributed by atoms with E-state index in [0.717, 1.165) is 0 Å². The molecule has 1 aromatic carbocycles. The summed E-state index contributed by atoms with van der Waals surface area (Å²) >= 11 is 0. The number of hydrogen-bond acceptors (Lipinski definition) is 3. The van der Waals surface area contributed by atoms with Gasteiger partial charge in [0.05, 0.1) is 11.0 Å². The molecular weight excluding hydrogens is 187 g/mol. The number of rotatable bonds is 2. The van der Waals surface area contributed by atoms with E-state index in [0.29, 0.717) is 5.69 Å². The quantitative estimate of drug-likeness (QED) is 0.440. The third-order valence-electron chi connectivity index (χ3n) is 1.06. The molecule has 4 nitrogen and oxygen atoms in total. The largest absolute Gasteiger partial charge is 0.265 e. The number of nitroso groups, excluding NO2 is 1. The van der Waals surface area contributed by atoms with E-state index in [1.54, 1.807) is 30.3 Å². The van der Waals surface area contributed by atoms with Gasteiger partial charge in [0.25, 0.3) is 0 Å². The maximum atomic E-state index is 9.73. The molecule has 5 heteroatoms. The summed E-state index contributed by atoms with van der Waals surface area (Å²) in [4.78, 5) is 9.73. The normalized spacial score (nSPS) is 8.09. The molecule has 0 atom stereocenters. The van der Waals surface area contributed by atoms with E-state index < -0.39 is 0 Å². The second-order valence-corrected chi connectivity index (χ2v) is 1.71. The Kier molecular flexibility index (Phi) is 4.45. The van der Waals surface area contributed by atoms with Gasteiger partial charge in [-0.15, -0.1) is 10.1 Å². The molecule has 1 aromatic rings. The Bertz CT molecular complexity index is 217. The van der Waals surface area contributed by atoms with Crippen LogP contribution in [0.2, 0.25) is 0 Å². The fraction of sp³-hybridized carbons (Fsp3) is 0. The van der Waals surface area contributed by atoms with Gasteiger partial charge in [-0.05, 0) is 12.1 Å². The predicted octanol–water partition coefficient (Wildman–Crippen LogP) is 1.56. The zero-order valence-corrected chi connectivity index (χ0v) is 6.70. The molecule has 1 N–H and O–H groups in total. The fourth-order valence-corrected chi connectivity index (χ4v) is 0.608. The van der Waals surface area contributed by atoms with Crippen molar-refractivity contribution in [1.29, 1.82) is 0 Å². The van der Waals surface area contributed by atoms with Crippen LogP contribution in [0, 0.1) is 4.91 Å². The second-order valence-electron chi connectivity index (χ2n) is 1.71. The van der Waals surface area contributed by atoms with Gasteiger partial charge in [0, 0.05) is 17.1 Å². The Morgan fingerprint density at radius 3 is 2.27 bits per heavy atom. The zero-order valence-electron chi connectivity index (χ0n) is 5.51. The second kappa shape index (κ2) is 4.85. The molecule has 11 heavy (non-hydrogen) atoms. The van der Waals surface area contributed by atoms with Gasteiger partial charge < -0.3 is 0 Å². The first-order valence-corrected chi connectivity index (χ1v) is 2.72. The van der Waals surface area contributed by atoms with E-state index in [9.17, 15) is 4.91 Å². The SMILES string of the molecule is O=NN(O)c1ccccc1.[Mn]. The topological polar surface area (TPSA) is 52.9 Å². The van der Waals surface area contributed by atoms with Crippen molar-refractivity contribution in [3.8, 4) is 0 Å². The van der Waals surface area contributed by atoms with E-state index in [2.05, 4.69) is 5.29 Å². The Morgan fingerprint density at radius 2 is 1.82 bits per heavy atom. The molecule has 0 saturated carbocycles. The molecule has 59 valence electrons. The molecule has 0 aliphatic carbocycles. The van der Waals surface area contributed by atoms with E-state index >= 15 is 0 Å². The number of benzene rings is 1. The minimum Gasteiger partial charge on any atom is -0.265 e. The first-order valence-electron chi connectivity index (χ1n) is 2.72. The molecular formula is C6H6MnN2O2. The molecule has 0 aliphatic heterocycles. The standard InChI is InChI=1S/C6H6N2O2.Mn/c9-7-8(10)6-4-2-1-3-5-6;/h1-5,10H;. The van der Waals surface area contributed by atoms with Crippen LogP contribution in [0.4, 0.5) is 5.69 Å². The van der Waals surface area contributed by atoms with Crippen molar-refractivity contribution < 1.29 is 22.3 Å². The van der Waals surface area contributed by atoms with Crippen molar-refractivity contribution in [2.75, 3.05) is 5.17 Å². The number of para-hydroxylation sites is 1. The zero-order chi connectivity index (χ0) is 7.40. The van der Waals surface area contributed by atoms with Crippen molar-refractivity contribution in [2.45, 2.75) is 0 Å². The predicted molar refractivity (Wildman–Crippen MR) is 36.5 cm³/mol. The smallest absolute Gasteiger partial charge is 0.0932 e. The van der Waals surface area contributed by atoms with Gasteiger partial charge >= 0.3 is 0 Å². The summed E-state index contributed by atoms with van der Waals surface area (Å²) in [7, 11) is 0. The summed E-state index contributed by atoms with van der Waals surface area (Å²) in [5, 5.41) is 11.3. The average Bonchev–Trinajstić information content (AvgIpc) is 2.05. The molecule has 0 heterocycles. The van der Waals surface area contributed by atoms with Crippen LogP contribution in [-0.2, 0) is 17.1 Å². The monoisotopic (exact) mass is 193 g/mol. The van der Waals surface area contributed by atoms with E-state index in [4.69, 9.17) is 5.21 Å². The van der Waals surface area contributed by atoms with Crippen LogP contribution >= 0.6 is 0 Å². The third-order valence-corrected chi connectivity index (χ3v) is 1.06. The van der Waals surface area contributed by atoms with Crippen molar-refractivity contribution >= 4 is 5.69 Å². The molecule has 0 aliphatic rings. The minimum atomic E-state index is 0. The Labute approximate surface area is 74.2 Å². The van der Waals surface area contributed by atoms with E-state index in [-0.39, 0.29) is 22.2 Å². The molecule has 0 amide bonds. The number of nitrogens with zero attached hydrogens (tertiary/aromatic N) is 2. The fourth-order valence-electron chi connectivity index (χ4n) is 0.608. The van der Waals surface area contributed by atoms with Crippen LogP contribution in [0.5, 0.6) is 0 Å². The molecule has 0 saturated heterocycles. The van der Waals surface area contributed by atoms with Crippen LogP contribution < -0.4 is 5.17 Å². The summed E-state index contributed by atoms with van der Waals surface area (Å²) < 4.78 is 0. The van der Waals surface area contributed by atoms with Crippen molar-refractivity contribution in [3.05, 3.63) is 35.2 Å². The summed E-state index contributed by atoms with van der Waals surface area (Å²) in [6.45, 7) is 0. The maximum Gasteiger partial charge on any atom is 0.0932 e. The third kappa shape index (κ3) is 2.67. The van der Waals surface area contributed by atoms with Gasteiger partial charge in [0.1, 0.15) is 0 Å².